The molecule has 4 aromatic carbocycles. The lowest BCUT2D eigenvalue weighted by atomic mass is 10.1. The number of rotatable bonds is 6. The van der Waals surface area contributed by atoms with Gasteiger partial charge in [0.05, 0.1) is 21.2 Å². The van der Waals surface area contributed by atoms with Crippen LogP contribution in [0.5, 0.6) is 0 Å². The van der Waals surface area contributed by atoms with Crippen LogP contribution in [-0.4, -0.2) is 16.8 Å². The zero-order valence-corrected chi connectivity index (χ0v) is 19.2. The molecule has 0 saturated carbocycles. The van der Waals surface area contributed by atoms with E-state index in [0.29, 0.717) is 22.1 Å². The quantitative estimate of drug-likeness (QED) is 0.416. The highest BCUT2D eigenvalue weighted by atomic mass is 32.2. The van der Waals surface area contributed by atoms with Gasteiger partial charge in [0, 0.05) is 10.8 Å². The lowest BCUT2D eigenvalue weighted by Gasteiger charge is -2.14. The van der Waals surface area contributed by atoms with Crippen molar-refractivity contribution in [3.05, 3.63) is 96.1 Å². The molecule has 0 bridgehead atoms. The van der Waals surface area contributed by atoms with Crippen LogP contribution in [0.25, 0.3) is 10.8 Å². The molecule has 0 spiro atoms. The molecule has 0 radical (unpaired) electrons. The zero-order valence-electron chi connectivity index (χ0n) is 17.5. The van der Waals surface area contributed by atoms with Crippen LogP contribution in [0, 0.1) is 13.8 Å². The van der Waals surface area contributed by atoms with E-state index in [9.17, 15) is 16.8 Å². The Morgan fingerprint density at radius 3 is 1.19 bits per heavy atom. The molecule has 6 nitrogen and oxygen atoms in total. The highest BCUT2D eigenvalue weighted by Crippen LogP contribution is 2.32. The van der Waals surface area contributed by atoms with Gasteiger partial charge in [-0.2, -0.15) is 0 Å². The van der Waals surface area contributed by atoms with E-state index < -0.39 is 20.0 Å². The minimum Gasteiger partial charge on any atom is -0.279 e. The maximum Gasteiger partial charge on any atom is 0.261 e. The maximum absolute atomic E-state index is 12.9. The summed E-state index contributed by atoms with van der Waals surface area (Å²) in [6.45, 7) is 3.77. The van der Waals surface area contributed by atoms with Crippen LogP contribution in [0.4, 0.5) is 11.4 Å². The van der Waals surface area contributed by atoms with Crippen LogP contribution in [0.2, 0.25) is 0 Å². The van der Waals surface area contributed by atoms with Gasteiger partial charge in [-0.1, -0.05) is 59.7 Å². The Balaban J connectivity index is 1.71. The van der Waals surface area contributed by atoms with Crippen LogP contribution in [0.15, 0.2) is 94.7 Å². The molecular formula is C24H22N2O4S2. The van der Waals surface area contributed by atoms with E-state index in [1.54, 1.807) is 84.9 Å². The first-order chi connectivity index (χ1) is 15.2. The second-order valence-electron chi connectivity index (χ2n) is 7.54. The van der Waals surface area contributed by atoms with Crippen molar-refractivity contribution in [2.45, 2.75) is 23.6 Å². The fourth-order valence-corrected chi connectivity index (χ4v) is 5.49. The minimum atomic E-state index is -3.81. The average molecular weight is 467 g/mol. The molecule has 8 heteroatoms. The molecule has 0 aliphatic heterocycles. The Morgan fingerprint density at radius 2 is 0.844 bits per heavy atom. The Morgan fingerprint density at radius 1 is 0.500 bits per heavy atom. The SMILES string of the molecule is Cc1ccc(S(=O)(=O)Nc2cccc3c(NS(=O)(=O)c4ccc(C)cc4)cccc23)cc1. The van der Waals surface area contributed by atoms with Crippen molar-refractivity contribution in [2.24, 2.45) is 0 Å². The Labute approximate surface area is 188 Å². The van der Waals surface area contributed by atoms with Gasteiger partial charge < -0.3 is 0 Å². The summed E-state index contributed by atoms with van der Waals surface area (Å²) >= 11 is 0. The van der Waals surface area contributed by atoms with Crippen molar-refractivity contribution in [3.8, 4) is 0 Å². The fourth-order valence-electron chi connectivity index (χ4n) is 3.33. The number of benzene rings is 4. The summed E-state index contributed by atoms with van der Waals surface area (Å²) < 4.78 is 56.7. The van der Waals surface area contributed by atoms with Gasteiger partial charge >= 0.3 is 0 Å². The Hall–Kier alpha value is -3.36. The highest BCUT2D eigenvalue weighted by Gasteiger charge is 2.18. The van der Waals surface area contributed by atoms with Crippen molar-refractivity contribution in [1.29, 1.82) is 0 Å². The van der Waals surface area contributed by atoms with Crippen molar-refractivity contribution >= 4 is 42.2 Å². The molecule has 4 rings (SSSR count). The summed E-state index contributed by atoms with van der Waals surface area (Å²) in [7, 11) is -7.61. The molecule has 0 aliphatic carbocycles. The van der Waals surface area contributed by atoms with Crippen LogP contribution in [0.1, 0.15) is 11.1 Å². The standard InChI is InChI=1S/C24H22N2O4S2/c1-17-9-13-19(14-10-17)31(27,28)25-23-7-3-6-22-21(23)5-4-8-24(22)26-32(29,30)20-15-11-18(2)12-16-20/h3-16,25-26H,1-2H3. The Bertz CT molecular complexity index is 1380. The molecule has 2 N–H and O–H groups in total. The van der Waals surface area contributed by atoms with Gasteiger partial charge in [-0.15, -0.1) is 0 Å². The molecular weight excluding hydrogens is 444 g/mol. The summed E-state index contributed by atoms with van der Waals surface area (Å²) in [5.41, 5.74) is 2.64. The predicted octanol–water partition coefficient (Wildman–Crippen LogP) is 5.06. The van der Waals surface area contributed by atoms with E-state index in [1.165, 1.54) is 0 Å². The Kier molecular flexibility index (Phi) is 5.66. The molecule has 0 aromatic heterocycles. The number of hydrogen-bond donors (Lipinski definition) is 2. The largest absolute Gasteiger partial charge is 0.279 e. The van der Waals surface area contributed by atoms with Crippen molar-refractivity contribution in [3.63, 3.8) is 0 Å². The molecule has 0 amide bonds. The monoisotopic (exact) mass is 466 g/mol. The van der Waals surface area contributed by atoms with Crippen molar-refractivity contribution < 1.29 is 16.8 Å². The van der Waals surface area contributed by atoms with E-state index >= 15 is 0 Å². The summed E-state index contributed by atoms with van der Waals surface area (Å²) in [5, 5.41) is 1.15. The van der Waals surface area contributed by atoms with Crippen LogP contribution >= 0.6 is 0 Å². The molecule has 164 valence electrons. The number of anilines is 2. The van der Waals surface area contributed by atoms with E-state index in [2.05, 4.69) is 9.44 Å². The van der Waals surface area contributed by atoms with Gasteiger partial charge in [0.1, 0.15) is 0 Å². The molecule has 4 aromatic rings. The van der Waals surface area contributed by atoms with E-state index in [0.717, 1.165) is 11.1 Å². The predicted molar refractivity (Wildman–Crippen MR) is 128 cm³/mol. The first kappa shape index (κ1) is 21.9. The summed E-state index contributed by atoms with van der Waals surface area (Å²) in [6.07, 6.45) is 0. The third-order valence-corrected chi connectivity index (χ3v) is 7.84. The van der Waals surface area contributed by atoms with Crippen LogP contribution < -0.4 is 9.44 Å². The van der Waals surface area contributed by atoms with Crippen molar-refractivity contribution in [1.82, 2.24) is 0 Å². The highest BCUT2D eigenvalue weighted by molar-refractivity contribution is 7.93. The molecule has 0 atom stereocenters. The third-order valence-electron chi connectivity index (χ3n) is 5.07. The number of nitrogens with one attached hydrogen (secondary N) is 2. The van der Waals surface area contributed by atoms with E-state index in [-0.39, 0.29) is 9.79 Å². The smallest absolute Gasteiger partial charge is 0.261 e. The number of hydrogen-bond acceptors (Lipinski definition) is 4. The van der Waals surface area contributed by atoms with Gasteiger partial charge in [-0.25, -0.2) is 16.8 Å². The second-order valence-corrected chi connectivity index (χ2v) is 10.9. The van der Waals surface area contributed by atoms with E-state index in [4.69, 9.17) is 0 Å². The van der Waals surface area contributed by atoms with Gasteiger partial charge in [-0.3, -0.25) is 9.44 Å². The maximum atomic E-state index is 12.9. The molecule has 0 unspecified atom stereocenters. The summed E-state index contributed by atoms with van der Waals surface area (Å²) in [5.74, 6) is 0. The topological polar surface area (TPSA) is 92.3 Å². The summed E-state index contributed by atoms with van der Waals surface area (Å²) in [4.78, 5) is 0.299. The molecule has 32 heavy (non-hydrogen) atoms. The van der Waals surface area contributed by atoms with E-state index in [1.807, 2.05) is 13.8 Å². The molecule has 0 saturated heterocycles. The van der Waals surface area contributed by atoms with Gasteiger partial charge in [0.15, 0.2) is 0 Å². The number of aryl methyl sites for hydroxylation is 2. The van der Waals surface area contributed by atoms with Crippen LogP contribution in [-0.2, 0) is 20.0 Å². The molecule has 0 aliphatic rings. The minimum absolute atomic E-state index is 0.149. The third kappa shape index (κ3) is 4.46. The number of fused-ring (bicyclic) bond motifs is 1. The first-order valence-corrected chi connectivity index (χ1v) is 12.8. The number of sulfonamides is 2. The molecule has 0 heterocycles. The average Bonchev–Trinajstić information content (AvgIpc) is 2.74. The van der Waals surface area contributed by atoms with Crippen LogP contribution in [0.3, 0.4) is 0 Å². The first-order valence-electron chi connectivity index (χ1n) is 9.86. The second kappa shape index (κ2) is 8.29. The lowest BCUT2D eigenvalue weighted by molar-refractivity contribution is 0.599. The molecule has 0 fully saturated rings. The summed E-state index contributed by atoms with van der Waals surface area (Å²) in [6, 6.07) is 23.2. The zero-order chi connectivity index (χ0) is 22.9. The normalized spacial score (nSPS) is 11.9. The van der Waals surface area contributed by atoms with Gasteiger partial charge in [0.25, 0.3) is 20.0 Å². The lowest BCUT2D eigenvalue weighted by Crippen LogP contribution is -2.14. The van der Waals surface area contributed by atoms with Gasteiger partial charge in [0.2, 0.25) is 0 Å². The van der Waals surface area contributed by atoms with Gasteiger partial charge in [-0.05, 0) is 50.2 Å². The fraction of sp³-hybridized carbons (Fsp3) is 0.0833. The van der Waals surface area contributed by atoms with Crippen molar-refractivity contribution in [2.75, 3.05) is 9.44 Å².